The molecule has 2 aliphatic carbocycles. The van der Waals surface area contributed by atoms with Crippen molar-refractivity contribution >= 4 is 5.97 Å². The highest BCUT2D eigenvalue weighted by molar-refractivity contribution is 5.77. The Morgan fingerprint density at radius 1 is 1.03 bits per heavy atom. The number of allylic oxidation sites excluding steroid dienone is 1. The molecule has 166 valence electrons. The Morgan fingerprint density at radius 2 is 1.72 bits per heavy atom. The predicted molar refractivity (Wildman–Crippen MR) is 103 cm³/mol. The summed E-state index contributed by atoms with van der Waals surface area (Å²) in [5.41, 5.74) is -0.682. The van der Waals surface area contributed by atoms with Crippen molar-refractivity contribution in [3.8, 4) is 0 Å². The smallest absolute Gasteiger partial charge is 0.310 e. The van der Waals surface area contributed by atoms with Crippen LogP contribution in [0.1, 0.15) is 20.3 Å². The van der Waals surface area contributed by atoms with Gasteiger partial charge in [0.2, 0.25) is 0 Å². The van der Waals surface area contributed by atoms with E-state index in [0.717, 1.165) is 6.42 Å². The van der Waals surface area contributed by atoms with Crippen molar-refractivity contribution in [1.29, 1.82) is 0 Å². The Kier molecular flexibility index (Phi) is 7.35. The van der Waals surface area contributed by atoms with E-state index in [9.17, 15) is 4.79 Å². The zero-order chi connectivity index (χ0) is 21.1. The highest BCUT2D eigenvalue weighted by Gasteiger charge is 2.69. The van der Waals surface area contributed by atoms with Gasteiger partial charge >= 0.3 is 5.97 Å². The molecule has 29 heavy (non-hydrogen) atoms. The molecule has 8 heteroatoms. The number of cyclic esters (lactones) is 1. The zero-order valence-corrected chi connectivity index (χ0v) is 18.1. The summed E-state index contributed by atoms with van der Waals surface area (Å²) in [7, 11) is 4.76. The van der Waals surface area contributed by atoms with E-state index < -0.39 is 5.41 Å². The fourth-order valence-corrected chi connectivity index (χ4v) is 5.64. The summed E-state index contributed by atoms with van der Waals surface area (Å²) in [4.78, 5) is 13.0. The number of methoxy groups -OCH3 is 3. The Balaban J connectivity index is 2.01. The first-order valence-electron chi connectivity index (χ1n) is 10.0. The Bertz CT molecular complexity index is 591. The number of hydrogen-bond donors (Lipinski definition) is 0. The van der Waals surface area contributed by atoms with Crippen molar-refractivity contribution in [2.24, 2.45) is 28.6 Å². The lowest BCUT2D eigenvalue weighted by atomic mass is 9.47. The first kappa shape index (κ1) is 22.7. The van der Waals surface area contributed by atoms with Crippen LogP contribution in [0.25, 0.3) is 0 Å². The van der Waals surface area contributed by atoms with E-state index in [4.69, 9.17) is 33.2 Å². The molecule has 3 rings (SSSR count). The minimum absolute atomic E-state index is 0.0920. The van der Waals surface area contributed by atoms with Crippen LogP contribution < -0.4 is 0 Å². The summed E-state index contributed by atoms with van der Waals surface area (Å²) in [6.07, 6.45) is 4.46. The minimum atomic E-state index is -0.564. The van der Waals surface area contributed by atoms with Crippen molar-refractivity contribution in [3.05, 3.63) is 12.2 Å². The second-order valence-electron chi connectivity index (χ2n) is 8.80. The van der Waals surface area contributed by atoms with Crippen LogP contribution in [-0.4, -0.2) is 73.1 Å². The van der Waals surface area contributed by atoms with Gasteiger partial charge in [-0.3, -0.25) is 4.79 Å². The second-order valence-corrected chi connectivity index (χ2v) is 8.80. The molecule has 0 bridgehead atoms. The molecule has 1 spiro atoms. The first-order valence-corrected chi connectivity index (χ1v) is 10.0. The van der Waals surface area contributed by atoms with Crippen LogP contribution in [0.5, 0.6) is 0 Å². The highest BCUT2D eigenvalue weighted by Crippen LogP contribution is 2.62. The van der Waals surface area contributed by atoms with Crippen molar-refractivity contribution in [2.75, 3.05) is 54.9 Å². The maximum Gasteiger partial charge on any atom is 0.310 e. The summed E-state index contributed by atoms with van der Waals surface area (Å²) in [5, 5.41) is 0. The molecule has 0 aromatic carbocycles. The molecule has 1 heterocycles. The molecule has 0 aromatic heterocycles. The summed E-state index contributed by atoms with van der Waals surface area (Å²) in [5.74, 6) is -0.625. The van der Waals surface area contributed by atoms with E-state index >= 15 is 0 Å². The fourth-order valence-electron chi connectivity index (χ4n) is 5.64. The third kappa shape index (κ3) is 4.11. The molecule has 0 amide bonds. The van der Waals surface area contributed by atoms with Gasteiger partial charge in [-0.05, 0) is 17.8 Å². The molecule has 6 atom stereocenters. The van der Waals surface area contributed by atoms with Crippen molar-refractivity contribution in [3.63, 3.8) is 0 Å². The van der Waals surface area contributed by atoms with Gasteiger partial charge < -0.3 is 33.2 Å². The van der Waals surface area contributed by atoms with Gasteiger partial charge in [0.15, 0.2) is 0 Å². The number of esters is 1. The number of hydrogen-bond acceptors (Lipinski definition) is 8. The van der Waals surface area contributed by atoms with Gasteiger partial charge in [0.1, 0.15) is 27.0 Å². The van der Waals surface area contributed by atoms with E-state index in [1.807, 2.05) is 0 Å². The largest absolute Gasteiger partial charge is 0.465 e. The van der Waals surface area contributed by atoms with E-state index in [1.165, 1.54) is 0 Å². The third-order valence-electron chi connectivity index (χ3n) is 6.57. The molecule has 0 aromatic rings. The molecule has 1 saturated carbocycles. The molecule has 3 aliphatic rings. The van der Waals surface area contributed by atoms with Crippen LogP contribution in [0.4, 0.5) is 0 Å². The summed E-state index contributed by atoms with van der Waals surface area (Å²) in [6, 6.07) is 0. The van der Waals surface area contributed by atoms with Gasteiger partial charge in [0, 0.05) is 27.2 Å². The standard InChI is InChI=1S/C21H34O8/c1-20(2)8-15(28-12-24-4)18(29-13-25-5)21-10-27-19(22)17(21)14(6-7-16(20)21)9-26-11-23-3/h6-7,14-18H,8-13H2,1-5H3/t14-,15-,16+,17-,18-,21+/m0/s1. The summed E-state index contributed by atoms with van der Waals surface area (Å²) < 4.78 is 38.9. The molecule has 2 fully saturated rings. The maximum atomic E-state index is 13.0. The number of ether oxygens (including phenoxy) is 7. The Morgan fingerprint density at radius 3 is 2.41 bits per heavy atom. The van der Waals surface area contributed by atoms with E-state index in [2.05, 4.69) is 26.0 Å². The second kappa shape index (κ2) is 9.41. The molecule has 8 nitrogen and oxygen atoms in total. The van der Waals surface area contributed by atoms with E-state index in [0.29, 0.717) is 6.61 Å². The summed E-state index contributed by atoms with van der Waals surface area (Å²) >= 11 is 0. The van der Waals surface area contributed by atoms with Gasteiger partial charge in [-0.25, -0.2) is 0 Å². The van der Waals surface area contributed by atoms with Crippen molar-refractivity contribution in [2.45, 2.75) is 32.5 Å². The molecular formula is C21H34O8. The van der Waals surface area contributed by atoms with Gasteiger partial charge in [0.05, 0.1) is 30.1 Å². The van der Waals surface area contributed by atoms with Crippen LogP contribution >= 0.6 is 0 Å². The van der Waals surface area contributed by atoms with Crippen LogP contribution in [0, 0.1) is 28.6 Å². The lowest BCUT2D eigenvalue weighted by molar-refractivity contribution is -0.250. The van der Waals surface area contributed by atoms with Gasteiger partial charge in [-0.2, -0.15) is 0 Å². The Labute approximate surface area is 172 Å². The quantitative estimate of drug-likeness (QED) is 0.232. The SMILES string of the molecule is COCOC[C@@H]1C=C[C@@H]2C(C)(C)C[C@H](OCOC)[C@H](OCOC)[C@]23COC(=O)[C@H]13. The Hall–Kier alpha value is -1.03. The third-order valence-corrected chi connectivity index (χ3v) is 6.57. The molecule has 1 saturated heterocycles. The topological polar surface area (TPSA) is 81.7 Å². The highest BCUT2D eigenvalue weighted by atomic mass is 16.7. The minimum Gasteiger partial charge on any atom is -0.465 e. The lowest BCUT2D eigenvalue weighted by Gasteiger charge is -2.59. The number of carbonyl (C=O) groups is 1. The molecule has 0 radical (unpaired) electrons. The summed E-state index contributed by atoms with van der Waals surface area (Å²) in [6.45, 7) is 5.53. The average Bonchev–Trinajstić information content (AvgIpc) is 3.03. The number of carbonyl (C=O) groups excluding carboxylic acids is 1. The van der Waals surface area contributed by atoms with E-state index in [-0.39, 0.29) is 68.3 Å². The molecule has 0 N–H and O–H groups in total. The number of rotatable bonds is 10. The van der Waals surface area contributed by atoms with Crippen LogP contribution in [-0.2, 0) is 38.0 Å². The molecular weight excluding hydrogens is 380 g/mol. The molecule has 1 aliphatic heterocycles. The van der Waals surface area contributed by atoms with Crippen LogP contribution in [0.15, 0.2) is 12.2 Å². The van der Waals surface area contributed by atoms with Crippen LogP contribution in [0.3, 0.4) is 0 Å². The maximum absolute atomic E-state index is 13.0. The van der Waals surface area contributed by atoms with E-state index in [1.54, 1.807) is 21.3 Å². The van der Waals surface area contributed by atoms with Gasteiger partial charge in [0.25, 0.3) is 0 Å². The molecule has 0 unspecified atom stereocenters. The normalized spacial score (nSPS) is 37.8. The lowest BCUT2D eigenvalue weighted by Crippen LogP contribution is -2.64. The van der Waals surface area contributed by atoms with Crippen LogP contribution in [0.2, 0.25) is 0 Å². The monoisotopic (exact) mass is 414 g/mol. The first-order chi connectivity index (χ1) is 13.9. The van der Waals surface area contributed by atoms with Gasteiger partial charge in [-0.1, -0.05) is 26.0 Å². The van der Waals surface area contributed by atoms with Crippen molar-refractivity contribution in [1.82, 2.24) is 0 Å². The predicted octanol–water partition coefficient (Wildman–Crippen LogP) is 1.98. The average molecular weight is 414 g/mol. The zero-order valence-electron chi connectivity index (χ0n) is 18.1. The van der Waals surface area contributed by atoms with Gasteiger partial charge in [-0.15, -0.1) is 0 Å². The van der Waals surface area contributed by atoms with Crippen molar-refractivity contribution < 1.29 is 38.0 Å². The fraction of sp³-hybridized carbons (Fsp3) is 0.857.